The van der Waals surface area contributed by atoms with Gasteiger partial charge in [0.1, 0.15) is 0 Å². The Balaban J connectivity index is 2.25. The summed E-state index contributed by atoms with van der Waals surface area (Å²) in [6.45, 7) is 5.85. The minimum absolute atomic E-state index is 0.0391. The molecule has 5 heteroatoms. The Labute approximate surface area is 141 Å². The molecule has 2 rings (SSSR count). The van der Waals surface area contributed by atoms with Gasteiger partial charge in [-0.05, 0) is 30.9 Å². The van der Waals surface area contributed by atoms with Gasteiger partial charge in [-0.2, -0.15) is 0 Å². The average Bonchev–Trinajstić information content (AvgIpc) is 2.54. The van der Waals surface area contributed by atoms with Crippen molar-refractivity contribution in [3.05, 3.63) is 75.3 Å². The van der Waals surface area contributed by atoms with Crippen molar-refractivity contribution in [3.8, 4) is 0 Å². The predicted molar refractivity (Wildman–Crippen MR) is 93.9 cm³/mol. The highest BCUT2D eigenvalue weighted by Crippen LogP contribution is 2.23. The monoisotopic (exact) mass is 326 g/mol. The molecular weight excluding hydrogens is 304 g/mol. The molecule has 0 aliphatic heterocycles. The molecule has 0 bridgehead atoms. The van der Waals surface area contributed by atoms with E-state index in [4.69, 9.17) is 0 Å². The Morgan fingerprint density at radius 2 is 1.83 bits per heavy atom. The second-order valence-corrected chi connectivity index (χ2v) is 6.32. The summed E-state index contributed by atoms with van der Waals surface area (Å²) in [6.07, 6.45) is 0.795. The fourth-order valence-electron chi connectivity index (χ4n) is 2.62. The van der Waals surface area contributed by atoms with Crippen LogP contribution in [-0.4, -0.2) is 10.8 Å². The first kappa shape index (κ1) is 17.7. The van der Waals surface area contributed by atoms with Gasteiger partial charge in [0, 0.05) is 17.2 Å². The minimum Gasteiger partial charge on any atom is -0.345 e. The van der Waals surface area contributed by atoms with Gasteiger partial charge in [-0.3, -0.25) is 14.9 Å². The number of hydrogen-bond donors (Lipinski definition) is 1. The van der Waals surface area contributed by atoms with E-state index in [0.717, 1.165) is 12.0 Å². The molecule has 0 fully saturated rings. The van der Waals surface area contributed by atoms with Crippen molar-refractivity contribution < 1.29 is 9.72 Å². The van der Waals surface area contributed by atoms with Crippen LogP contribution in [0.15, 0.2) is 48.5 Å². The highest BCUT2D eigenvalue weighted by molar-refractivity contribution is 5.95. The van der Waals surface area contributed by atoms with Gasteiger partial charge in [0.05, 0.1) is 11.0 Å². The van der Waals surface area contributed by atoms with E-state index in [9.17, 15) is 14.9 Å². The Hall–Kier alpha value is -2.69. The van der Waals surface area contributed by atoms with Crippen LogP contribution in [0.3, 0.4) is 0 Å². The number of nitro groups is 1. The number of aryl methyl sites for hydroxylation is 1. The summed E-state index contributed by atoms with van der Waals surface area (Å²) < 4.78 is 0. The molecule has 2 aromatic carbocycles. The molecule has 1 atom stereocenters. The summed E-state index contributed by atoms with van der Waals surface area (Å²) in [6, 6.07) is 14.2. The molecule has 5 nitrogen and oxygen atoms in total. The third kappa shape index (κ3) is 4.41. The maximum absolute atomic E-state index is 12.6. The largest absolute Gasteiger partial charge is 0.345 e. The third-order valence-electron chi connectivity index (χ3n) is 3.88. The molecule has 0 unspecified atom stereocenters. The maximum atomic E-state index is 12.6. The summed E-state index contributed by atoms with van der Waals surface area (Å²) >= 11 is 0. The Kier molecular flexibility index (Phi) is 5.68. The van der Waals surface area contributed by atoms with Crippen LogP contribution in [0.25, 0.3) is 0 Å². The van der Waals surface area contributed by atoms with E-state index in [1.54, 1.807) is 19.1 Å². The molecule has 0 aliphatic carbocycles. The number of carbonyl (C=O) groups excluding carboxylic acids is 1. The molecule has 0 aromatic heterocycles. The molecule has 0 spiro atoms. The summed E-state index contributed by atoms with van der Waals surface area (Å²) in [4.78, 5) is 23.2. The number of amides is 1. The van der Waals surface area contributed by atoms with Crippen LogP contribution in [0.4, 0.5) is 5.69 Å². The van der Waals surface area contributed by atoms with Gasteiger partial charge in [-0.25, -0.2) is 0 Å². The molecule has 24 heavy (non-hydrogen) atoms. The zero-order valence-corrected chi connectivity index (χ0v) is 14.2. The van der Waals surface area contributed by atoms with Crippen LogP contribution in [0.5, 0.6) is 0 Å². The van der Waals surface area contributed by atoms with Crippen LogP contribution in [-0.2, 0) is 0 Å². The highest BCUT2D eigenvalue weighted by Gasteiger charge is 2.19. The smallest absolute Gasteiger partial charge is 0.273 e. The van der Waals surface area contributed by atoms with Gasteiger partial charge in [-0.1, -0.05) is 50.2 Å². The minimum atomic E-state index is -0.463. The van der Waals surface area contributed by atoms with E-state index in [1.165, 1.54) is 6.07 Å². The van der Waals surface area contributed by atoms with Gasteiger partial charge in [0.25, 0.3) is 11.6 Å². The lowest BCUT2D eigenvalue weighted by atomic mass is 9.96. The van der Waals surface area contributed by atoms with Crippen LogP contribution < -0.4 is 5.32 Å². The Morgan fingerprint density at radius 3 is 2.42 bits per heavy atom. The number of nitro benzene ring substituents is 1. The van der Waals surface area contributed by atoms with Crippen molar-refractivity contribution in [3.63, 3.8) is 0 Å². The number of rotatable bonds is 6. The summed E-state index contributed by atoms with van der Waals surface area (Å²) in [7, 11) is 0. The summed E-state index contributed by atoms with van der Waals surface area (Å²) in [5.41, 5.74) is 1.83. The van der Waals surface area contributed by atoms with Crippen molar-refractivity contribution in [1.29, 1.82) is 0 Å². The molecule has 0 heterocycles. The summed E-state index contributed by atoms with van der Waals surface area (Å²) in [5, 5.41) is 14.1. The van der Waals surface area contributed by atoms with Crippen molar-refractivity contribution in [1.82, 2.24) is 5.32 Å². The fourth-order valence-corrected chi connectivity index (χ4v) is 2.62. The quantitative estimate of drug-likeness (QED) is 0.631. The van der Waals surface area contributed by atoms with E-state index in [2.05, 4.69) is 19.2 Å². The standard InChI is InChI=1S/C19H22N2O3/c1-13(2)11-17(15-7-5-4-6-8-15)20-19(22)16-10-9-14(3)18(12-16)21(23)24/h4-10,12-13,17H,11H2,1-3H3,(H,20,22)/t17-/m1/s1. The second kappa shape index (κ2) is 7.73. The predicted octanol–water partition coefficient (Wildman–Crippen LogP) is 4.42. The average molecular weight is 326 g/mol. The topological polar surface area (TPSA) is 72.2 Å². The Bertz CT molecular complexity index is 727. The molecule has 1 amide bonds. The second-order valence-electron chi connectivity index (χ2n) is 6.32. The van der Waals surface area contributed by atoms with Crippen LogP contribution >= 0.6 is 0 Å². The SMILES string of the molecule is Cc1ccc(C(=O)N[C@H](CC(C)C)c2ccccc2)cc1[N+](=O)[O-]. The fraction of sp³-hybridized carbons (Fsp3) is 0.316. The zero-order valence-electron chi connectivity index (χ0n) is 14.2. The molecule has 2 aromatic rings. The first-order valence-corrected chi connectivity index (χ1v) is 7.99. The third-order valence-corrected chi connectivity index (χ3v) is 3.88. The van der Waals surface area contributed by atoms with E-state index in [-0.39, 0.29) is 17.6 Å². The molecule has 0 saturated heterocycles. The van der Waals surface area contributed by atoms with E-state index in [0.29, 0.717) is 17.0 Å². The van der Waals surface area contributed by atoms with Crippen LogP contribution in [0.2, 0.25) is 0 Å². The van der Waals surface area contributed by atoms with Crippen molar-refractivity contribution >= 4 is 11.6 Å². The normalized spacial score (nSPS) is 12.0. The number of benzene rings is 2. The maximum Gasteiger partial charge on any atom is 0.273 e. The lowest BCUT2D eigenvalue weighted by Crippen LogP contribution is -2.29. The van der Waals surface area contributed by atoms with Gasteiger partial charge < -0.3 is 5.32 Å². The lowest BCUT2D eigenvalue weighted by molar-refractivity contribution is -0.385. The van der Waals surface area contributed by atoms with Gasteiger partial charge in [-0.15, -0.1) is 0 Å². The number of hydrogen-bond acceptors (Lipinski definition) is 3. The number of nitrogens with zero attached hydrogens (tertiary/aromatic N) is 1. The van der Waals surface area contributed by atoms with Gasteiger partial charge in [0.2, 0.25) is 0 Å². The van der Waals surface area contributed by atoms with Gasteiger partial charge >= 0.3 is 0 Å². The molecule has 1 N–H and O–H groups in total. The molecule has 0 radical (unpaired) electrons. The van der Waals surface area contributed by atoms with E-state index < -0.39 is 4.92 Å². The first-order chi connectivity index (χ1) is 11.4. The van der Waals surface area contributed by atoms with Crippen molar-refractivity contribution in [2.45, 2.75) is 33.2 Å². The highest BCUT2D eigenvalue weighted by atomic mass is 16.6. The van der Waals surface area contributed by atoms with Crippen LogP contribution in [0.1, 0.15) is 47.8 Å². The van der Waals surface area contributed by atoms with Crippen molar-refractivity contribution in [2.24, 2.45) is 5.92 Å². The Morgan fingerprint density at radius 1 is 1.17 bits per heavy atom. The molecule has 126 valence electrons. The van der Waals surface area contributed by atoms with Crippen molar-refractivity contribution in [2.75, 3.05) is 0 Å². The molecule has 0 saturated carbocycles. The van der Waals surface area contributed by atoms with E-state index in [1.807, 2.05) is 30.3 Å². The zero-order chi connectivity index (χ0) is 17.7. The van der Waals surface area contributed by atoms with Gasteiger partial charge in [0.15, 0.2) is 0 Å². The van der Waals surface area contributed by atoms with Crippen LogP contribution in [0, 0.1) is 23.0 Å². The lowest BCUT2D eigenvalue weighted by Gasteiger charge is -2.21. The van der Waals surface area contributed by atoms with E-state index >= 15 is 0 Å². The summed E-state index contributed by atoms with van der Waals surface area (Å²) in [5.74, 6) is 0.107. The molecule has 0 aliphatic rings. The number of nitrogens with one attached hydrogen (secondary N) is 1. The first-order valence-electron chi connectivity index (χ1n) is 7.99. The molecular formula is C19H22N2O3. The number of carbonyl (C=O) groups is 1.